The van der Waals surface area contributed by atoms with E-state index in [9.17, 15) is 21.8 Å². The van der Waals surface area contributed by atoms with Gasteiger partial charge in [0.2, 0.25) is 0 Å². The quantitative estimate of drug-likeness (QED) is 0.212. The molecule has 0 bridgehead atoms. The summed E-state index contributed by atoms with van der Waals surface area (Å²) < 4.78 is 63.2. The molecule has 0 amide bonds. The number of benzene rings is 4. The molecule has 0 atom stereocenters. The number of hydrogen-bond acceptors (Lipinski definition) is 6. The molecule has 0 saturated carbocycles. The predicted molar refractivity (Wildman–Crippen MR) is 117 cm³/mol. The Morgan fingerprint density at radius 2 is 1.55 bits per heavy atom. The van der Waals surface area contributed by atoms with Gasteiger partial charge in [-0.05, 0) is 48.4 Å². The maximum atomic E-state index is 14.7. The van der Waals surface area contributed by atoms with Gasteiger partial charge in [-0.25, -0.2) is 17.2 Å². The molecule has 0 unspecified atom stereocenters. The van der Waals surface area contributed by atoms with Crippen molar-refractivity contribution in [3.05, 3.63) is 83.9 Å². The predicted octanol–water partition coefficient (Wildman–Crippen LogP) is 3.00. The monoisotopic (exact) mass is 475 g/mol. The van der Waals surface area contributed by atoms with Crippen LogP contribution in [0.3, 0.4) is 0 Å². The zero-order valence-corrected chi connectivity index (χ0v) is 20.5. The largest absolute Gasteiger partial charge is 1.00 e. The third-order valence-corrected chi connectivity index (χ3v) is 5.88. The fourth-order valence-electron chi connectivity index (χ4n) is 3.47. The minimum Gasteiger partial charge on any atom is -0.744 e. The molecule has 0 fully saturated rings. The minimum atomic E-state index is -4.80. The first-order valence-electron chi connectivity index (χ1n) is 9.40. The molecule has 0 aliphatic heterocycles. The van der Waals surface area contributed by atoms with Crippen LogP contribution >= 0.6 is 0 Å². The maximum absolute atomic E-state index is 14.7. The van der Waals surface area contributed by atoms with Crippen LogP contribution in [0, 0.1) is 18.6 Å². The number of anilines is 1. The SMILES string of the molecule is Cc1cc(F)ccc1-c1ccc(N=Nc2cc(S(=O)(=O)[O-])c3ccccc3c2N)cc1F.[Na+]. The first kappa shape index (κ1) is 24.9. The number of azo groups is 1. The van der Waals surface area contributed by atoms with Crippen molar-refractivity contribution in [1.82, 2.24) is 0 Å². The van der Waals surface area contributed by atoms with E-state index in [1.807, 2.05) is 0 Å². The van der Waals surface area contributed by atoms with Gasteiger partial charge in [0.15, 0.2) is 0 Å². The van der Waals surface area contributed by atoms with E-state index in [0.29, 0.717) is 16.5 Å². The number of nitrogen functional groups attached to an aromatic ring is 1. The Balaban J connectivity index is 0.00000306. The molecule has 162 valence electrons. The number of aryl methyl sites for hydroxylation is 1. The zero-order valence-electron chi connectivity index (χ0n) is 17.7. The van der Waals surface area contributed by atoms with Crippen molar-refractivity contribution in [2.45, 2.75) is 11.8 Å². The van der Waals surface area contributed by atoms with Crippen LogP contribution < -0.4 is 35.3 Å². The molecule has 10 heteroatoms. The Hall–Kier alpha value is -2.69. The van der Waals surface area contributed by atoms with Gasteiger partial charge in [-0.15, -0.1) is 5.11 Å². The average Bonchev–Trinajstić information content (AvgIpc) is 2.73. The normalized spacial score (nSPS) is 11.6. The molecule has 0 aliphatic rings. The topological polar surface area (TPSA) is 108 Å². The molecule has 6 nitrogen and oxygen atoms in total. The number of hydrogen-bond donors (Lipinski definition) is 1. The third-order valence-electron chi connectivity index (χ3n) is 5.00. The molecular formula is C23H16F2N3NaO3S. The molecule has 0 saturated heterocycles. The van der Waals surface area contributed by atoms with Gasteiger partial charge >= 0.3 is 29.6 Å². The molecule has 4 rings (SSSR count). The Morgan fingerprint density at radius 1 is 0.879 bits per heavy atom. The minimum absolute atomic E-state index is 0. The second kappa shape index (κ2) is 9.66. The Bertz CT molecular complexity index is 1510. The van der Waals surface area contributed by atoms with Crippen molar-refractivity contribution < 1.29 is 51.3 Å². The van der Waals surface area contributed by atoms with Crippen molar-refractivity contribution in [1.29, 1.82) is 0 Å². The summed E-state index contributed by atoms with van der Waals surface area (Å²) in [6.45, 7) is 1.68. The van der Waals surface area contributed by atoms with Crippen LogP contribution in [0.5, 0.6) is 0 Å². The summed E-state index contributed by atoms with van der Waals surface area (Å²) in [6, 6.07) is 15.5. The molecule has 33 heavy (non-hydrogen) atoms. The molecular weight excluding hydrogens is 459 g/mol. The summed E-state index contributed by atoms with van der Waals surface area (Å²) in [6.07, 6.45) is 0. The molecule has 0 spiro atoms. The number of fused-ring (bicyclic) bond motifs is 1. The van der Waals surface area contributed by atoms with Gasteiger partial charge in [-0.2, -0.15) is 5.11 Å². The standard InChI is InChI=1S/C23H17F2N3O3S.Na/c1-13-10-14(24)6-8-16(13)17-9-7-15(11-20(17)25)27-28-21-12-22(32(29,30)31)18-4-2-3-5-19(18)23(21)26;/h2-12H,26H2,1H3,(H,29,30,31);/q;+1/p-1. The summed E-state index contributed by atoms with van der Waals surface area (Å²) in [5.41, 5.74) is 7.73. The average molecular weight is 475 g/mol. The zero-order chi connectivity index (χ0) is 23.0. The van der Waals surface area contributed by atoms with Crippen LogP contribution in [-0.2, 0) is 10.1 Å². The van der Waals surface area contributed by atoms with Gasteiger partial charge in [0, 0.05) is 22.4 Å². The molecule has 4 aromatic carbocycles. The molecule has 0 heterocycles. The van der Waals surface area contributed by atoms with Crippen LogP contribution in [0.4, 0.5) is 25.8 Å². The summed E-state index contributed by atoms with van der Waals surface area (Å²) in [5, 5.41) is 8.42. The number of rotatable bonds is 4. The van der Waals surface area contributed by atoms with Gasteiger partial charge < -0.3 is 10.3 Å². The number of nitrogens with zero attached hydrogens (tertiary/aromatic N) is 2. The molecule has 0 aliphatic carbocycles. The van der Waals surface area contributed by atoms with E-state index in [1.165, 1.54) is 36.4 Å². The third kappa shape index (κ3) is 5.13. The summed E-state index contributed by atoms with van der Waals surface area (Å²) >= 11 is 0. The smallest absolute Gasteiger partial charge is 0.744 e. The second-order valence-electron chi connectivity index (χ2n) is 7.13. The number of nitrogens with two attached hydrogens (primary N) is 1. The Kier molecular flexibility index (Phi) is 7.30. The van der Waals surface area contributed by atoms with E-state index in [2.05, 4.69) is 10.2 Å². The van der Waals surface area contributed by atoms with E-state index in [4.69, 9.17) is 5.73 Å². The van der Waals surface area contributed by atoms with Crippen LogP contribution in [0.15, 0.2) is 81.9 Å². The van der Waals surface area contributed by atoms with Crippen LogP contribution in [-0.4, -0.2) is 13.0 Å². The Morgan fingerprint density at radius 3 is 2.18 bits per heavy atom. The van der Waals surface area contributed by atoms with E-state index in [-0.39, 0.29) is 57.6 Å². The van der Waals surface area contributed by atoms with Crippen molar-refractivity contribution in [3.8, 4) is 11.1 Å². The fourth-order valence-corrected chi connectivity index (χ4v) is 4.17. The first-order chi connectivity index (χ1) is 15.1. The van der Waals surface area contributed by atoms with Gasteiger partial charge in [-0.1, -0.05) is 30.3 Å². The van der Waals surface area contributed by atoms with Gasteiger partial charge in [0.25, 0.3) is 0 Å². The van der Waals surface area contributed by atoms with Crippen LogP contribution in [0.2, 0.25) is 0 Å². The number of halogens is 2. The van der Waals surface area contributed by atoms with Gasteiger partial charge in [0.05, 0.1) is 16.3 Å². The van der Waals surface area contributed by atoms with Crippen LogP contribution in [0.1, 0.15) is 5.56 Å². The van der Waals surface area contributed by atoms with E-state index < -0.39 is 26.6 Å². The molecule has 0 aromatic heterocycles. The maximum Gasteiger partial charge on any atom is 1.00 e. The second-order valence-corrected chi connectivity index (χ2v) is 8.48. The van der Waals surface area contributed by atoms with Crippen molar-refractivity contribution >= 4 is 38.0 Å². The van der Waals surface area contributed by atoms with Crippen molar-refractivity contribution in [2.75, 3.05) is 5.73 Å². The van der Waals surface area contributed by atoms with Crippen molar-refractivity contribution in [3.63, 3.8) is 0 Å². The summed E-state index contributed by atoms with van der Waals surface area (Å²) in [5.74, 6) is -1.00. The van der Waals surface area contributed by atoms with Gasteiger partial charge in [-0.3, -0.25) is 0 Å². The van der Waals surface area contributed by atoms with Gasteiger partial charge in [0.1, 0.15) is 27.4 Å². The van der Waals surface area contributed by atoms with E-state index >= 15 is 0 Å². The molecule has 0 radical (unpaired) electrons. The van der Waals surface area contributed by atoms with Crippen molar-refractivity contribution in [2.24, 2.45) is 10.2 Å². The van der Waals surface area contributed by atoms with E-state index in [0.717, 1.165) is 12.1 Å². The van der Waals surface area contributed by atoms with E-state index in [1.54, 1.807) is 25.1 Å². The van der Waals surface area contributed by atoms with Crippen LogP contribution in [0.25, 0.3) is 21.9 Å². The molecule has 4 aromatic rings. The first-order valence-corrected chi connectivity index (χ1v) is 10.8. The Labute approximate surface area is 211 Å². The molecule has 2 N–H and O–H groups in total. The summed E-state index contributed by atoms with van der Waals surface area (Å²) in [4.78, 5) is -0.468. The summed E-state index contributed by atoms with van der Waals surface area (Å²) in [7, 11) is -4.80. The fraction of sp³-hybridized carbons (Fsp3) is 0.0435.